The van der Waals surface area contributed by atoms with Gasteiger partial charge in [0.25, 0.3) is 5.91 Å². The Bertz CT molecular complexity index is 1180. The lowest BCUT2D eigenvalue weighted by molar-refractivity contribution is -0.147. The van der Waals surface area contributed by atoms with Crippen LogP contribution in [0.15, 0.2) is 65.3 Å². The second kappa shape index (κ2) is 8.46. The van der Waals surface area contributed by atoms with Crippen molar-refractivity contribution in [3.05, 3.63) is 77.7 Å². The summed E-state index contributed by atoms with van der Waals surface area (Å²) >= 11 is 0. The first-order valence-electron chi connectivity index (χ1n) is 10.4. The molecule has 0 atom stereocenters. The fraction of sp³-hybridized carbons (Fsp3) is 0.240. The van der Waals surface area contributed by atoms with E-state index in [0.29, 0.717) is 0 Å². The molecule has 1 aliphatic carbocycles. The molecule has 3 aromatic rings. The van der Waals surface area contributed by atoms with Crippen LogP contribution in [0, 0.1) is 0 Å². The first-order chi connectivity index (χ1) is 15.7. The standard InChI is InChI=1S/C25H24N2O6/c1-25(2,23(29)30)27(3)22(28)21-20(12-13-32-21)26-24(31)33-14-19-17-10-6-4-8-15(17)16-9-5-7-11-18(16)19/h4-13,19H,14H2,1-3H3,(H,26,31)(H,29,30). The molecule has 1 aromatic heterocycles. The van der Waals surface area contributed by atoms with E-state index < -0.39 is 23.5 Å². The molecule has 0 saturated heterocycles. The quantitative estimate of drug-likeness (QED) is 0.572. The van der Waals surface area contributed by atoms with Crippen molar-refractivity contribution < 1.29 is 28.6 Å². The van der Waals surface area contributed by atoms with Crippen LogP contribution in [0.25, 0.3) is 11.1 Å². The minimum absolute atomic E-state index is 0.101. The van der Waals surface area contributed by atoms with Gasteiger partial charge in [-0.3, -0.25) is 10.1 Å². The molecular formula is C25H24N2O6. The Morgan fingerprint density at radius 2 is 1.61 bits per heavy atom. The van der Waals surface area contributed by atoms with Gasteiger partial charge in [0.15, 0.2) is 0 Å². The third-order valence-corrected chi connectivity index (χ3v) is 6.11. The number of carboxylic acid groups (broad SMARTS) is 1. The van der Waals surface area contributed by atoms with E-state index in [9.17, 15) is 19.5 Å². The number of fused-ring (bicyclic) bond motifs is 3. The smallest absolute Gasteiger partial charge is 0.411 e. The molecule has 0 bridgehead atoms. The maximum Gasteiger partial charge on any atom is 0.411 e. The fourth-order valence-electron chi connectivity index (χ4n) is 3.87. The summed E-state index contributed by atoms with van der Waals surface area (Å²) in [6.45, 7) is 2.91. The Balaban J connectivity index is 1.46. The Hall–Kier alpha value is -4.07. The van der Waals surface area contributed by atoms with E-state index in [4.69, 9.17) is 9.15 Å². The van der Waals surface area contributed by atoms with Crippen LogP contribution >= 0.6 is 0 Å². The van der Waals surface area contributed by atoms with E-state index in [0.717, 1.165) is 27.2 Å². The van der Waals surface area contributed by atoms with E-state index in [1.54, 1.807) is 0 Å². The van der Waals surface area contributed by atoms with Crippen LogP contribution in [0.5, 0.6) is 0 Å². The summed E-state index contributed by atoms with van der Waals surface area (Å²) in [7, 11) is 1.36. The summed E-state index contributed by atoms with van der Waals surface area (Å²) in [5.41, 5.74) is 3.05. The lowest BCUT2D eigenvalue weighted by atomic mass is 9.98. The van der Waals surface area contributed by atoms with Crippen molar-refractivity contribution in [2.75, 3.05) is 19.0 Å². The van der Waals surface area contributed by atoms with Gasteiger partial charge in [0, 0.05) is 19.0 Å². The number of likely N-dealkylation sites (N-methyl/N-ethyl adjacent to an activating group) is 1. The van der Waals surface area contributed by atoms with Crippen LogP contribution in [0.3, 0.4) is 0 Å². The number of carbonyl (C=O) groups is 3. The number of rotatable bonds is 6. The molecule has 0 spiro atoms. The molecule has 0 fully saturated rings. The van der Waals surface area contributed by atoms with Gasteiger partial charge in [-0.15, -0.1) is 0 Å². The number of nitrogens with one attached hydrogen (secondary N) is 1. The van der Waals surface area contributed by atoms with Crippen LogP contribution in [0.1, 0.15) is 41.4 Å². The first-order valence-corrected chi connectivity index (χ1v) is 10.4. The van der Waals surface area contributed by atoms with Gasteiger partial charge >= 0.3 is 12.1 Å². The van der Waals surface area contributed by atoms with Gasteiger partial charge < -0.3 is 19.2 Å². The van der Waals surface area contributed by atoms with Crippen molar-refractivity contribution in [1.29, 1.82) is 0 Å². The average molecular weight is 448 g/mol. The number of carbonyl (C=O) groups excluding carboxylic acids is 2. The topological polar surface area (TPSA) is 109 Å². The highest BCUT2D eigenvalue weighted by atomic mass is 16.5. The molecule has 33 heavy (non-hydrogen) atoms. The predicted molar refractivity (Wildman–Crippen MR) is 121 cm³/mol. The lowest BCUT2D eigenvalue weighted by Crippen LogP contribution is -2.50. The molecule has 8 heteroatoms. The van der Waals surface area contributed by atoms with Gasteiger partial charge in [0.1, 0.15) is 12.1 Å². The normalized spacial score (nSPS) is 12.6. The number of carboxylic acids is 1. The second-order valence-electron chi connectivity index (χ2n) is 8.34. The average Bonchev–Trinajstić information content (AvgIpc) is 3.39. The Kier molecular flexibility index (Phi) is 5.68. The molecule has 0 radical (unpaired) electrons. The molecule has 4 rings (SSSR count). The van der Waals surface area contributed by atoms with Crippen molar-refractivity contribution in [3.8, 4) is 11.1 Å². The van der Waals surface area contributed by atoms with Gasteiger partial charge in [0.2, 0.25) is 5.76 Å². The number of nitrogens with zero attached hydrogens (tertiary/aromatic N) is 1. The Morgan fingerprint density at radius 1 is 1.03 bits per heavy atom. The monoisotopic (exact) mass is 448 g/mol. The molecular weight excluding hydrogens is 424 g/mol. The highest BCUT2D eigenvalue weighted by molar-refractivity contribution is 6.02. The first kappa shape index (κ1) is 22.1. The van der Waals surface area contributed by atoms with Gasteiger partial charge in [-0.05, 0) is 36.1 Å². The third-order valence-electron chi connectivity index (χ3n) is 6.11. The molecule has 170 valence electrons. The van der Waals surface area contributed by atoms with Gasteiger partial charge in [0.05, 0.1) is 12.0 Å². The molecule has 8 nitrogen and oxygen atoms in total. The van der Waals surface area contributed by atoms with E-state index in [1.807, 2.05) is 48.5 Å². The predicted octanol–water partition coefficient (Wildman–Crippen LogP) is 4.58. The maximum atomic E-state index is 12.8. The highest BCUT2D eigenvalue weighted by Gasteiger charge is 2.37. The fourth-order valence-corrected chi connectivity index (χ4v) is 3.87. The van der Waals surface area contributed by atoms with Crippen LogP contribution in [-0.2, 0) is 9.53 Å². The summed E-state index contributed by atoms with van der Waals surface area (Å²) in [6.07, 6.45) is 0.501. The number of benzene rings is 2. The van der Waals surface area contributed by atoms with Crippen molar-refractivity contribution in [2.24, 2.45) is 0 Å². The summed E-state index contributed by atoms with van der Waals surface area (Å²) < 4.78 is 10.7. The number of amides is 2. The van der Waals surface area contributed by atoms with Crippen LogP contribution in [0.4, 0.5) is 10.5 Å². The van der Waals surface area contributed by atoms with E-state index in [2.05, 4.69) is 5.32 Å². The van der Waals surface area contributed by atoms with Crippen LogP contribution < -0.4 is 5.32 Å². The van der Waals surface area contributed by atoms with Crippen molar-refractivity contribution in [1.82, 2.24) is 4.90 Å². The van der Waals surface area contributed by atoms with Gasteiger partial charge in [-0.1, -0.05) is 48.5 Å². The molecule has 2 amide bonds. The SMILES string of the molecule is CN(C(=O)c1occc1NC(=O)OCC1c2ccccc2-c2ccccc21)C(C)(C)C(=O)O. The number of ether oxygens (including phenoxy) is 1. The molecule has 0 aliphatic heterocycles. The minimum atomic E-state index is -1.47. The van der Waals surface area contributed by atoms with E-state index in [1.165, 1.54) is 33.2 Å². The third kappa shape index (κ3) is 3.95. The van der Waals surface area contributed by atoms with E-state index in [-0.39, 0.29) is 24.0 Å². The second-order valence-corrected chi connectivity index (χ2v) is 8.34. The van der Waals surface area contributed by atoms with Crippen LogP contribution in [0.2, 0.25) is 0 Å². The van der Waals surface area contributed by atoms with Gasteiger partial charge in [-0.25, -0.2) is 9.59 Å². The number of hydrogen-bond donors (Lipinski definition) is 2. The number of aliphatic carboxylic acids is 1. The molecule has 2 N–H and O–H groups in total. The Labute approximate surface area is 190 Å². The largest absolute Gasteiger partial charge is 0.480 e. The highest BCUT2D eigenvalue weighted by Crippen LogP contribution is 2.44. The number of furan rings is 1. The molecule has 1 aliphatic rings. The molecule has 0 saturated carbocycles. The lowest BCUT2D eigenvalue weighted by Gasteiger charge is -2.30. The van der Waals surface area contributed by atoms with Gasteiger partial charge in [-0.2, -0.15) is 0 Å². The number of anilines is 1. The zero-order chi connectivity index (χ0) is 23.8. The zero-order valence-electron chi connectivity index (χ0n) is 18.5. The molecule has 2 aromatic carbocycles. The van der Waals surface area contributed by atoms with Crippen LogP contribution in [-0.4, -0.2) is 47.2 Å². The summed E-state index contributed by atoms with van der Waals surface area (Å²) in [6, 6.07) is 17.4. The Morgan fingerprint density at radius 3 is 2.18 bits per heavy atom. The molecule has 1 heterocycles. The van der Waals surface area contributed by atoms with Crippen molar-refractivity contribution in [2.45, 2.75) is 25.3 Å². The van der Waals surface area contributed by atoms with E-state index >= 15 is 0 Å². The summed E-state index contributed by atoms with van der Waals surface area (Å²) in [5.74, 6) is -2.13. The molecule has 0 unspecified atom stereocenters. The number of hydrogen-bond acceptors (Lipinski definition) is 5. The van der Waals surface area contributed by atoms with Crippen molar-refractivity contribution >= 4 is 23.7 Å². The maximum absolute atomic E-state index is 12.8. The zero-order valence-corrected chi connectivity index (χ0v) is 18.5. The summed E-state index contributed by atoms with van der Waals surface area (Å²) in [5, 5.41) is 11.9. The van der Waals surface area contributed by atoms with Crippen molar-refractivity contribution in [3.63, 3.8) is 0 Å². The minimum Gasteiger partial charge on any atom is -0.480 e. The summed E-state index contributed by atoms with van der Waals surface area (Å²) in [4.78, 5) is 37.8.